The van der Waals surface area contributed by atoms with Crippen molar-refractivity contribution in [3.63, 3.8) is 0 Å². The highest BCUT2D eigenvalue weighted by Crippen LogP contribution is 2.27. The summed E-state index contributed by atoms with van der Waals surface area (Å²) in [6.07, 6.45) is 0. The third-order valence-corrected chi connectivity index (χ3v) is 2.22. The second-order valence-corrected chi connectivity index (χ2v) is 3.02. The van der Waals surface area contributed by atoms with Crippen molar-refractivity contribution in [1.29, 1.82) is 0 Å². The molecule has 0 aliphatic carbocycles. The number of para-hydroxylation sites is 1. The molecule has 3 rings (SSSR count). The van der Waals surface area contributed by atoms with Gasteiger partial charge in [0.1, 0.15) is 11.2 Å². The molecular formula is C12H7O. The maximum atomic E-state index is 5.63. The van der Waals surface area contributed by atoms with Crippen LogP contribution in [0.5, 0.6) is 0 Å². The van der Waals surface area contributed by atoms with E-state index < -0.39 is 0 Å². The van der Waals surface area contributed by atoms with Crippen molar-refractivity contribution in [3.05, 3.63) is 48.5 Å². The molecule has 0 saturated heterocycles. The first-order valence-electron chi connectivity index (χ1n) is 4.22. The fraction of sp³-hybridized carbons (Fsp3) is 0. The Balaban J connectivity index is 2.64. The largest absolute Gasteiger partial charge is 0.456 e. The zero-order chi connectivity index (χ0) is 8.67. The predicted molar refractivity (Wildman–Crippen MR) is 52.6 cm³/mol. The molecule has 0 spiro atoms. The highest BCUT2D eigenvalue weighted by atomic mass is 16.3. The molecule has 0 aliphatic heterocycles. The zero-order valence-corrected chi connectivity index (χ0v) is 6.95. The highest BCUT2D eigenvalue weighted by molar-refractivity contribution is 6.04. The van der Waals surface area contributed by atoms with Crippen molar-refractivity contribution in [3.8, 4) is 0 Å². The Hall–Kier alpha value is -1.76. The number of hydrogen-bond donors (Lipinski definition) is 0. The summed E-state index contributed by atoms with van der Waals surface area (Å²) in [5.41, 5.74) is 1.87. The van der Waals surface area contributed by atoms with Crippen LogP contribution in [0.15, 0.2) is 46.9 Å². The summed E-state index contributed by atoms with van der Waals surface area (Å²) in [4.78, 5) is 0. The van der Waals surface area contributed by atoms with Gasteiger partial charge in [0.15, 0.2) is 0 Å². The predicted octanol–water partition coefficient (Wildman–Crippen LogP) is 3.39. The van der Waals surface area contributed by atoms with Crippen LogP contribution in [0, 0.1) is 6.07 Å². The quantitative estimate of drug-likeness (QED) is 0.500. The number of benzene rings is 2. The molecule has 13 heavy (non-hydrogen) atoms. The second-order valence-electron chi connectivity index (χ2n) is 3.02. The molecule has 0 amide bonds. The van der Waals surface area contributed by atoms with E-state index in [1.165, 1.54) is 0 Å². The van der Waals surface area contributed by atoms with E-state index in [2.05, 4.69) is 12.1 Å². The molecule has 0 saturated carbocycles. The van der Waals surface area contributed by atoms with E-state index in [0.717, 1.165) is 21.9 Å². The van der Waals surface area contributed by atoms with Gasteiger partial charge in [-0.3, -0.25) is 0 Å². The lowest BCUT2D eigenvalue weighted by atomic mass is 10.2. The Labute approximate surface area is 75.6 Å². The topological polar surface area (TPSA) is 13.1 Å². The molecule has 61 valence electrons. The van der Waals surface area contributed by atoms with Crippen LogP contribution < -0.4 is 0 Å². The minimum absolute atomic E-state index is 0.931. The normalized spacial score (nSPS) is 11.1. The summed E-state index contributed by atoms with van der Waals surface area (Å²) < 4.78 is 5.63. The first-order chi connectivity index (χ1) is 6.45. The minimum Gasteiger partial charge on any atom is -0.456 e. The third-order valence-electron chi connectivity index (χ3n) is 2.22. The average Bonchev–Trinajstić information content (AvgIpc) is 2.56. The molecule has 0 aliphatic rings. The van der Waals surface area contributed by atoms with Gasteiger partial charge < -0.3 is 4.42 Å². The van der Waals surface area contributed by atoms with Crippen LogP contribution in [-0.4, -0.2) is 0 Å². The molecule has 0 fully saturated rings. The van der Waals surface area contributed by atoms with Gasteiger partial charge in [0.25, 0.3) is 0 Å². The van der Waals surface area contributed by atoms with Crippen LogP contribution in [0.1, 0.15) is 0 Å². The molecule has 0 bridgehead atoms. The summed E-state index contributed by atoms with van der Waals surface area (Å²) in [6.45, 7) is 0. The molecule has 0 atom stereocenters. The van der Waals surface area contributed by atoms with E-state index in [1.54, 1.807) is 0 Å². The average molecular weight is 167 g/mol. The third kappa shape index (κ3) is 0.872. The zero-order valence-electron chi connectivity index (χ0n) is 6.95. The van der Waals surface area contributed by atoms with Gasteiger partial charge in [0.2, 0.25) is 0 Å². The van der Waals surface area contributed by atoms with Crippen molar-refractivity contribution in [2.45, 2.75) is 0 Å². The van der Waals surface area contributed by atoms with Crippen LogP contribution in [-0.2, 0) is 0 Å². The van der Waals surface area contributed by atoms with Gasteiger partial charge in [0, 0.05) is 10.8 Å². The van der Waals surface area contributed by atoms with E-state index in [1.807, 2.05) is 36.4 Å². The molecule has 1 aromatic heterocycles. The Bertz CT molecular complexity index is 513. The van der Waals surface area contributed by atoms with Crippen LogP contribution in [0.3, 0.4) is 0 Å². The van der Waals surface area contributed by atoms with E-state index in [4.69, 9.17) is 4.42 Å². The van der Waals surface area contributed by atoms with Gasteiger partial charge in [-0.2, -0.15) is 0 Å². The van der Waals surface area contributed by atoms with Crippen molar-refractivity contribution < 1.29 is 4.42 Å². The minimum atomic E-state index is 0.931. The molecule has 2 aromatic carbocycles. The maximum Gasteiger partial charge on any atom is 0.135 e. The SMILES string of the molecule is [c]1ccc2oc3ccccc3c2c1. The van der Waals surface area contributed by atoms with Gasteiger partial charge in [-0.25, -0.2) is 0 Å². The first kappa shape index (κ1) is 6.72. The summed E-state index contributed by atoms with van der Waals surface area (Å²) in [5.74, 6) is 0. The highest BCUT2D eigenvalue weighted by Gasteiger charge is 2.03. The summed E-state index contributed by atoms with van der Waals surface area (Å²) >= 11 is 0. The van der Waals surface area contributed by atoms with E-state index >= 15 is 0 Å². The Morgan fingerprint density at radius 1 is 0.923 bits per heavy atom. The molecule has 0 N–H and O–H groups in total. The van der Waals surface area contributed by atoms with Crippen molar-refractivity contribution in [2.24, 2.45) is 0 Å². The first-order valence-corrected chi connectivity index (χ1v) is 4.22. The van der Waals surface area contributed by atoms with Crippen molar-refractivity contribution in [1.82, 2.24) is 0 Å². The Kier molecular flexibility index (Phi) is 1.22. The fourth-order valence-electron chi connectivity index (χ4n) is 1.61. The van der Waals surface area contributed by atoms with E-state index in [9.17, 15) is 0 Å². The standard InChI is InChI=1S/C12H7O/c1-3-7-11-9(5-1)10-6-2-4-8-12(10)13-11/h1,3-8H. The van der Waals surface area contributed by atoms with Crippen LogP contribution in [0.25, 0.3) is 21.9 Å². The van der Waals surface area contributed by atoms with Crippen LogP contribution in [0.4, 0.5) is 0 Å². The molecular weight excluding hydrogens is 160 g/mol. The number of fused-ring (bicyclic) bond motifs is 3. The molecule has 1 heteroatoms. The Morgan fingerprint density at radius 3 is 2.77 bits per heavy atom. The van der Waals surface area contributed by atoms with Gasteiger partial charge in [-0.05, 0) is 24.3 Å². The van der Waals surface area contributed by atoms with Crippen molar-refractivity contribution in [2.75, 3.05) is 0 Å². The molecule has 1 nitrogen and oxygen atoms in total. The lowest BCUT2D eigenvalue weighted by Gasteiger charge is -1.84. The number of hydrogen-bond acceptors (Lipinski definition) is 1. The Morgan fingerprint density at radius 2 is 1.77 bits per heavy atom. The molecule has 3 aromatic rings. The summed E-state index contributed by atoms with van der Waals surface area (Å²) in [7, 11) is 0. The number of rotatable bonds is 0. The van der Waals surface area contributed by atoms with Gasteiger partial charge >= 0.3 is 0 Å². The van der Waals surface area contributed by atoms with Gasteiger partial charge in [-0.15, -0.1) is 0 Å². The van der Waals surface area contributed by atoms with Gasteiger partial charge in [0.05, 0.1) is 0 Å². The maximum absolute atomic E-state index is 5.63. The van der Waals surface area contributed by atoms with Crippen LogP contribution in [0.2, 0.25) is 0 Å². The lowest BCUT2D eigenvalue weighted by Crippen LogP contribution is -1.63. The number of furan rings is 1. The molecule has 1 radical (unpaired) electrons. The van der Waals surface area contributed by atoms with E-state index in [0.29, 0.717) is 0 Å². The molecule has 0 unspecified atom stereocenters. The molecule has 1 heterocycles. The second kappa shape index (κ2) is 2.36. The van der Waals surface area contributed by atoms with Crippen molar-refractivity contribution >= 4 is 21.9 Å². The fourth-order valence-corrected chi connectivity index (χ4v) is 1.61. The van der Waals surface area contributed by atoms with Crippen LogP contribution >= 0.6 is 0 Å². The monoisotopic (exact) mass is 167 g/mol. The smallest absolute Gasteiger partial charge is 0.135 e. The van der Waals surface area contributed by atoms with E-state index in [-0.39, 0.29) is 0 Å². The summed E-state index contributed by atoms with van der Waals surface area (Å²) in [6, 6.07) is 16.9. The lowest BCUT2D eigenvalue weighted by molar-refractivity contribution is 0.669. The summed E-state index contributed by atoms with van der Waals surface area (Å²) in [5, 5.41) is 2.30. The van der Waals surface area contributed by atoms with Gasteiger partial charge in [-0.1, -0.05) is 24.3 Å².